The molecule has 0 unspecified atom stereocenters. The number of hydrogen-bond donors (Lipinski definition) is 0. The summed E-state index contributed by atoms with van der Waals surface area (Å²) in [7, 11) is 0. The zero-order valence-corrected chi connectivity index (χ0v) is 30.7. The van der Waals surface area contributed by atoms with E-state index < -0.39 is 5.89 Å². The van der Waals surface area contributed by atoms with Crippen LogP contribution in [0.5, 0.6) is 0 Å². The molecule has 0 amide bonds. The van der Waals surface area contributed by atoms with E-state index >= 15 is 0 Å². The smallest absolute Gasteiger partial charge is 0.130 e. The first-order chi connectivity index (χ1) is 25.6. The van der Waals surface area contributed by atoms with E-state index in [-0.39, 0.29) is 20.1 Å². The number of benzene rings is 5. The van der Waals surface area contributed by atoms with Crippen LogP contribution in [0.1, 0.15) is 50.6 Å². The van der Waals surface area contributed by atoms with Crippen molar-refractivity contribution in [3.05, 3.63) is 163 Å². The number of fused-ring (bicyclic) bond motifs is 3. The number of nitrogens with zero attached hydrogens (tertiary/aromatic N) is 4. The minimum Gasteiger partial charge on any atom is -0.500 e. The predicted octanol–water partition coefficient (Wildman–Crippen LogP) is 11.6. The Balaban J connectivity index is 0.000000284. The summed E-state index contributed by atoms with van der Waals surface area (Å²) >= 11 is 0. The molecule has 1 radical (unpaired) electrons. The van der Waals surface area contributed by atoms with Gasteiger partial charge in [0, 0.05) is 56.4 Å². The largest absolute Gasteiger partial charge is 0.500 e. The normalized spacial score (nSPS) is 13.6. The van der Waals surface area contributed by atoms with Gasteiger partial charge >= 0.3 is 0 Å². The third-order valence-corrected chi connectivity index (χ3v) is 9.35. The second kappa shape index (κ2) is 16.1. The molecule has 1 saturated carbocycles. The third-order valence-electron chi connectivity index (χ3n) is 9.35. The fourth-order valence-corrected chi connectivity index (χ4v) is 6.80. The molecule has 8 aromatic rings. The molecule has 3 heterocycles. The third kappa shape index (κ3) is 7.20. The minimum atomic E-state index is -0.682. The van der Waals surface area contributed by atoms with Crippen molar-refractivity contribution in [2.45, 2.75) is 38.0 Å². The molecule has 255 valence electrons. The Hall–Kier alpha value is -5.73. The monoisotopic (exact) mass is 852 g/mol. The summed E-state index contributed by atoms with van der Waals surface area (Å²) in [5, 5.41) is 11.9. The summed E-state index contributed by atoms with van der Waals surface area (Å²) in [5.41, 5.74) is 9.20. The zero-order chi connectivity index (χ0) is 35.3. The zero-order valence-electron chi connectivity index (χ0n) is 29.3. The van der Waals surface area contributed by atoms with Gasteiger partial charge in [0.05, 0.1) is 23.0 Å². The fraction of sp³-hybridized carbons (Fsp3) is 0.130. The molecule has 0 spiro atoms. The van der Waals surface area contributed by atoms with Crippen LogP contribution in [-0.2, 0) is 20.1 Å². The molecule has 5 nitrogen and oxygen atoms in total. The van der Waals surface area contributed by atoms with Crippen molar-refractivity contribution in [3.8, 4) is 51.0 Å². The maximum absolute atomic E-state index is 10.0. The molecule has 3 aromatic heterocycles. The first-order valence-corrected chi connectivity index (χ1v) is 17.3. The molecular formula is C46H34IrN4O-2. The molecule has 1 fully saturated rings. The number of pyridine rings is 1. The number of rotatable bonds is 5. The van der Waals surface area contributed by atoms with Gasteiger partial charge in [0.15, 0.2) is 0 Å². The average molecular weight is 852 g/mol. The number of nitriles is 1. The van der Waals surface area contributed by atoms with Gasteiger partial charge in [0.1, 0.15) is 5.58 Å². The summed E-state index contributed by atoms with van der Waals surface area (Å²) in [6.07, 6.45) is 8.42. The molecule has 52 heavy (non-hydrogen) atoms. The number of aromatic nitrogens is 3. The van der Waals surface area contributed by atoms with Crippen LogP contribution in [0, 0.1) is 23.5 Å². The van der Waals surface area contributed by atoms with Crippen molar-refractivity contribution in [2.75, 3.05) is 0 Å². The van der Waals surface area contributed by atoms with Crippen LogP contribution in [0.2, 0.25) is 0 Å². The van der Waals surface area contributed by atoms with E-state index in [0.717, 1.165) is 75.7 Å². The Labute approximate surface area is 318 Å². The van der Waals surface area contributed by atoms with E-state index in [1.54, 1.807) is 12.4 Å². The molecule has 0 aliphatic heterocycles. The Bertz CT molecular complexity index is 2470. The Kier molecular flexibility index (Phi) is 10.3. The first kappa shape index (κ1) is 33.4. The van der Waals surface area contributed by atoms with E-state index in [4.69, 9.17) is 10.8 Å². The Morgan fingerprint density at radius 2 is 1.42 bits per heavy atom. The van der Waals surface area contributed by atoms with Crippen molar-refractivity contribution in [3.63, 3.8) is 0 Å². The van der Waals surface area contributed by atoms with Gasteiger partial charge in [-0.3, -0.25) is 9.97 Å². The maximum Gasteiger partial charge on any atom is 0.130 e. The molecule has 9 rings (SSSR count). The fourth-order valence-electron chi connectivity index (χ4n) is 6.80. The van der Waals surface area contributed by atoms with Crippen molar-refractivity contribution in [1.82, 2.24) is 15.0 Å². The van der Waals surface area contributed by atoms with E-state index in [9.17, 15) is 5.26 Å². The van der Waals surface area contributed by atoms with Crippen LogP contribution < -0.4 is 0 Å². The quantitative estimate of drug-likeness (QED) is 0.161. The molecule has 1 aliphatic carbocycles. The molecule has 0 bridgehead atoms. The van der Waals surface area contributed by atoms with E-state index in [1.165, 1.54) is 6.42 Å². The Morgan fingerprint density at radius 3 is 2.17 bits per heavy atom. The predicted molar refractivity (Wildman–Crippen MR) is 204 cm³/mol. The van der Waals surface area contributed by atoms with Crippen molar-refractivity contribution < 1.29 is 25.9 Å². The van der Waals surface area contributed by atoms with Crippen LogP contribution in [0.4, 0.5) is 0 Å². The topological polar surface area (TPSA) is 75.6 Å². The van der Waals surface area contributed by atoms with Crippen LogP contribution in [0.3, 0.4) is 0 Å². The van der Waals surface area contributed by atoms with Crippen LogP contribution in [0.15, 0.2) is 144 Å². The molecule has 1 aliphatic rings. The summed E-state index contributed by atoms with van der Waals surface area (Å²) in [6.45, 7) is 0. The second-order valence-corrected chi connectivity index (χ2v) is 12.5. The van der Waals surface area contributed by atoms with Gasteiger partial charge in [-0.05, 0) is 53.4 Å². The first-order valence-electron chi connectivity index (χ1n) is 17.8. The molecule has 6 heteroatoms. The van der Waals surface area contributed by atoms with E-state index in [1.807, 2.05) is 103 Å². The Morgan fingerprint density at radius 1 is 0.673 bits per heavy atom. The maximum atomic E-state index is 10.0. The van der Waals surface area contributed by atoms with Gasteiger partial charge in [0.25, 0.3) is 0 Å². The van der Waals surface area contributed by atoms with Gasteiger partial charge in [-0.1, -0.05) is 103 Å². The van der Waals surface area contributed by atoms with E-state index in [0.29, 0.717) is 28.1 Å². The van der Waals surface area contributed by atoms with Crippen LogP contribution in [0.25, 0.3) is 66.8 Å². The van der Waals surface area contributed by atoms with Gasteiger partial charge in [-0.2, -0.15) is 5.26 Å². The van der Waals surface area contributed by atoms with Crippen LogP contribution >= 0.6 is 0 Å². The van der Waals surface area contributed by atoms with Crippen LogP contribution in [-0.4, -0.2) is 15.0 Å². The van der Waals surface area contributed by atoms with Crippen molar-refractivity contribution in [1.29, 1.82) is 5.26 Å². The van der Waals surface area contributed by atoms with Gasteiger partial charge in [-0.25, -0.2) is 0 Å². The minimum absolute atomic E-state index is 0. The molecule has 0 N–H and O–H groups in total. The number of furan rings is 1. The van der Waals surface area contributed by atoms with E-state index in [2.05, 4.69) is 52.4 Å². The standard InChI is InChI=1S/C35H26N3O.C11H8N.Ir/c36-22-27-18-19-29-28-12-7-13-30(35-37-21-20-31(38-35)25-10-5-2-6-11-25)33(28)39-34(29)32(27)26-16-14-24(15-17-26)23-8-3-1-4-9-23;1-2-6-10(7-3-1)11-8-4-5-9-12-11;/h1,3-4,7-9,12,14-21,25H,2,5-6,10-11H2;1-6,8-9H;/q2*-1;/i25D;;. The SMILES string of the molecule is [2H]C1(c2ccnc(-c3[c-]ccc4c3oc3c(-c5ccc(-c6ccccc6)cc5)c(C#N)ccc34)n2)CCCCC1.[Ir].[c-]1ccccc1-c1ccccn1. The molecule has 0 atom stereocenters. The summed E-state index contributed by atoms with van der Waals surface area (Å²) in [5.74, 6) is -0.174. The molecular weight excluding hydrogens is 817 g/mol. The molecule has 5 aromatic carbocycles. The molecule has 0 saturated heterocycles. The summed E-state index contributed by atoms with van der Waals surface area (Å²) < 4.78 is 15.6. The van der Waals surface area contributed by atoms with Crippen molar-refractivity contribution in [2.24, 2.45) is 0 Å². The summed E-state index contributed by atoms with van der Waals surface area (Å²) in [6, 6.07) is 50.5. The van der Waals surface area contributed by atoms with Gasteiger partial charge in [-0.15, -0.1) is 54.1 Å². The second-order valence-electron chi connectivity index (χ2n) is 12.5. The average Bonchev–Trinajstić information content (AvgIpc) is 3.61. The van der Waals surface area contributed by atoms with Gasteiger partial charge < -0.3 is 9.40 Å². The van der Waals surface area contributed by atoms with Gasteiger partial charge in [0.2, 0.25) is 0 Å². The summed E-state index contributed by atoms with van der Waals surface area (Å²) in [4.78, 5) is 13.7. The number of hydrogen-bond acceptors (Lipinski definition) is 5. The van der Waals surface area contributed by atoms with Crippen molar-refractivity contribution >= 4 is 21.9 Å².